The van der Waals surface area contributed by atoms with Crippen molar-refractivity contribution in [1.29, 1.82) is 0 Å². The Morgan fingerprint density at radius 2 is 1.78 bits per heavy atom. The van der Waals surface area contributed by atoms with Crippen molar-refractivity contribution < 1.29 is 19.1 Å². The number of hydrogen-bond donors (Lipinski definition) is 2. The van der Waals surface area contributed by atoms with Crippen molar-refractivity contribution in [1.82, 2.24) is 10.3 Å². The maximum atomic E-state index is 13.4. The quantitative estimate of drug-likeness (QED) is 0.381. The molecule has 1 atom stereocenters. The zero-order chi connectivity index (χ0) is 23.4. The van der Waals surface area contributed by atoms with E-state index in [9.17, 15) is 9.59 Å². The van der Waals surface area contributed by atoms with Gasteiger partial charge in [-0.1, -0.05) is 46.0 Å². The second-order valence-corrected chi connectivity index (χ2v) is 9.02. The van der Waals surface area contributed by atoms with Gasteiger partial charge in [0.25, 0.3) is 0 Å². The number of benzene rings is 2. The molecule has 1 amide bonds. The molecule has 166 valence electrons. The molecular formula is C25H25BrN2O4. The van der Waals surface area contributed by atoms with Gasteiger partial charge in [-0.2, -0.15) is 0 Å². The van der Waals surface area contributed by atoms with Gasteiger partial charge in [-0.3, -0.25) is 5.32 Å². The first-order valence-electron chi connectivity index (χ1n) is 10.2. The zero-order valence-corrected chi connectivity index (χ0v) is 20.0. The number of hydrogen-bond acceptors (Lipinski definition) is 4. The third kappa shape index (κ3) is 5.32. The number of nitrogens with one attached hydrogen (secondary N) is 2. The summed E-state index contributed by atoms with van der Waals surface area (Å²) in [6.45, 7) is 7.07. The number of para-hydroxylation sites is 1. The van der Waals surface area contributed by atoms with Crippen LogP contribution in [0, 0.1) is 11.8 Å². The van der Waals surface area contributed by atoms with E-state index in [2.05, 4.69) is 38.1 Å². The number of rotatable bonds is 4. The minimum atomic E-state index is -1.79. The van der Waals surface area contributed by atoms with Crippen molar-refractivity contribution in [2.75, 3.05) is 6.61 Å². The van der Waals surface area contributed by atoms with Crippen molar-refractivity contribution in [3.63, 3.8) is 0 Å². The summed E-state index contributed by atoms with van der Waals surface area (Å²) in [7, 11) is 0. The average Bonchev–Trinajstić information content (AvgIpc) is 3.16. The van der Waals surface area contributed by atoms with Crippen LogP contribution < -0.4 is 5.32 Å². The first-order valence-corrected chi connectivity index (χ1v) is 11.0. The van der Waals surface area contributed by atoms with Gasteiger partial charge in [-0.15, -0.1) is 0 Å². The lowest BCUT2D eigenvalue weighted by Gasteiger charge is -2.29. The van der Waals surface area contributed by atoms with Crippen LogP contribution in [0.1, 0.15) is 38.8 Å². The third-order valence-corrected chi connectivity index (χ3v) is 5.03. The first kappa shape index (κ1) is 23.4. The van der Waals surface area contributed by atoms with Gasteiger partial charge in [0.05, 0.1) is 6.61 Å². The molecule has 0 saturated heterocycles. The van der Waals surface area contributed by atoms with Gasteiger partial charge in [0.15, 0.2) is 0 Å². The van der Waals surface area contributed by atoms with Crippen LogP contribution in [-0.2, 0) is 19.8 Å². The normalized spacial score (nSPS) is 12.9. The fourth-order valence-electron chi connectivity index (χ4n) is 3.15. The summed E-state index contributed by atoms with van der Waals surface area (Å²) in [6.07, 6.45) is 0.885. The molecular weight excluding hydrogens is 472 g/mol. The lowest BCUT2D eigenvalue weighted by molar-refractivity contribution is -0.149. The predicted octanol–water partition coefficient (Wildman–Crippen LogP) is 5.27. The number of esters is 1. The summed E-state index contributed by atoms with van der Waals surface area (Å²) in [5.41, 5.74) is -0.600. The van der Waals surface area contributed by atoms with Crippen LogP contribution in [0.15, 0.2) is 59.2 Å². The number of fused-ring (bicyclic) bond motifs is 1. The van der Waals surface area contributed by atoms with Crippen LogP contribution in [0.4, 0.5) is 4.79 Å². The van der Waals surface area contributed by atoms with Gasteiger partial charge in [0, 0.05) is 32.7 Å². The van der Waals surface area contributed by atoms with E-state index in [1.807, 2.05) is 48.5 Å². The number of ether oxygens (including phenoxy) is 2. The van der Waals surface area contributed by atoms with E-state index in [1.54, 1.807) is 33.9 Å². The van der Waals surface area contributed by atoms with E-state index in [1.165, 1.54) is 0 Å². The summed E-state index contributed by atoms with van der Waals surface area (Å²) >= 11 is 3.40. The van der Waals surface area contributed by atoms with Crippen molar-refractivity contribution in [2.24, 2.45) is 0 Å². The number of halogens is 1. The molecule has 3 aromatic rings. The Balaban J connectivity index is 2.21. The van der Waals surface area contributed by atoms with Crippen LogP contribution in [0.2, 0.25) is 0 Å². The molecule has 0 aliphatic heterocycles. The topological polar surface area (TPSA) is 80.4 Å². The molecule has 2 aromatic carbocycles. The minimum Gasteiger partial charge on any atom is -0.463 e. The van der Waals surface area contributed by atoms with Gasteiger partial charge in [-0.05, 0) is 58.0 Å². The van der Waals surface area contributed by atoms with E-state index in [0.29, 0.717) is 11.1 Å². The molecule has 6 nitrogen and oxygen atoms in total. The van der Waals surface area contributed by atoms with E-state index >= 15 is 0 Å². The van der Waals surface area contributed by atoms with Crippen molar-refractivity contribution in [2.45, 2.75) is 38.8 Å². The molecule has 3 rings (SSSR count). The largest absolute Gasteiger partial charge is 0.463 e. The van der Waals surface area contributed by atoms with Crippen molar-refractivity contribution in [3.8, 4) is 11.8 Å². The van der Waals surface area contributed by atoms with Gasteiger partial charge in [0.1, 0.15) is 5.60 Å². The predicted molar refractivity (Wildman–Crippen MR) is 127 cm³/mol. The standard InChI is InChI=1S/C25H25BrN2O4/c1-5-31-22(29)25(28-23(30)32-24(2,3)4,15-14-17-10-12-18(26)13-11-17)20-16-27-21-9-7-6-8-19(20)21/h6-13,16,27H,5H2,1-4H3,(H,28,30). The van der Waals surface area contributed by atoms with E-state index in [4.69, 9.17) is 9.47 Å². The maximum Gasteiger partial charge on any atom is 0.409 e. The highest BCUT2D eigenvalue weighted by Gasteiger charge is 2.45. The molecule has 0 aliphatic rings. The zero-order valence-electron chi connectivity index (χ0n) is 18.4. The lowest BCUT2D eigenvalue weighted by atomic mass is 9.89. The third-order valence-electron chi connectivity index (χ3n) is 4.50. The van der Waals surface area contributed by atoms with Gasteiger partial charge >= 0.3 is 12.1 Å². The number of aromatic amines is 1. The molecule has 7 heteroatoms. The Kier molecular flexibility index (Phi) is 6.95. The lowest BCUT2D eigenvalue weighted by Crippen LogP contribution is -2.53. The summed E-state index contributed by atoms with van der Waals surface area (Å²) in [6, 6.07) is 14.8. The number of alkyl carbamates (subject to hydrolysis) is 1. The van der Waals surface area contributed by atoms with Crippen LogP contribution in [-0.4, -0.2) is 29.3 Å². The first-order chi connectivity index (χ1) is 15.1. The van der Waals surface area contributed by atoms with Gasteiger partial charge < -0.3 is 14.5 Å². The summed E-state index contributed by atoms with van der Waals surface area (Å²) < 4.78 is 11.7. The molecule has 0 bridgehead atoms. The van der Waals surface area contributed by atoms with Crippen LogP contribution >= 0.6 is 15.9 Å². The summed E-state index contributed by atoms with van der Waals surface area (Å²) in [5.74, 6) is 5.32. The van der Waals surface area contributed by atoms with Crippen molar-refractivity contribution in [3.05, 3.63) is 70.3 Å². The molecule has 0 aliphatic carbocycles. The Bertz CT molecular complexity index is 1180. The Morgan fingerprint density at radius 3 is 2.44 bits per heavy atom. The monoisotopic (exact) mass is 496 g/mol. The van der Waals surface area contributed by atoms with E-state index in [0.717, 1.165) is 15.4 Å². The Labute approximate surface area is 195 Å². The Hall–Kier alpha value is -3.24. The second kappa shape index (κ2) is 9.49. The summed E-state index contributed by atoms with van der Waals surface area (Å²) in [5, 5.41) is 3.45. The SMILES string of the molecule is CCOC(=O)C(C#Cc1ccc(Br)cc1)(NC(=O)OC(C)(C)C)c1c[nH]c2ccccc12. The number of aromatic nitrogens is 1. The highest BCUT2D eigenvalue weighted by atomic mass is 79.9. The maximum absolute atomic E-state index is 13.4. The molecule has 0 saturated carbocycles. The highest BCUT2D eigenvalue weighted by Crippen LogP contribution is 2.31. The number of amides is 1. The second-order valence-electron chi connectivity index (χ2n) is 8.10. The molecule has 0 spiro atoms. The molecule has 32 heavy (non-hydrogen) atoms. The number of H-pyrrole nitrogens is 1. The highest BCUT2D eigenvalue weighted by molar-refractivity contribution is 9.10. The fourth-order valence-corrected chi connectivity index (χ4v) is 3.42. The average molecular weight is 497 g/mol. The fraction of sp³-hybridized carbons (Fsp3) is 0.280. The Morgan fingerprint density at radius 1 is 1.09 bits per heavy atom. The molecule has 1 heterocycles. The van der Waals surface area contributed by atoms with Gasteiger partial charge in [0.2, 0.25) is 5.54 Å². The number of carbonyl (C=O) groups is 2. The van der Waals surface area contributed by atoms with E-state index < -0.39 is 23.2 Å². The van der Waals surface area contributed by atoms with E-state index in [-0.39, 0.29) is 6.61 Å². The molecule has 1 aromatic heterocycles. The smallest absolute Gasteiger partial charge is 0.409 e. The van der Waals surface area contributed by atoms with Gasteiger partial charge in [-0.25, -0.2) is 9.59 Å². The molecule has 0 fully saturated rings. The van der Waals surface area contributed by atoms with Crippen LogP contribution in [0.3, 0.4) is 0 Å². The number of carbonyl (C=O) groups excluding carboxylic acids is 2. The minimum absolute atomic E-state index is 0.124. The van der Waals surface area contributed by atoms with Crippen LogP contribution in [0.25, 0.3) is 10.9 Å². The molecule has 2 N–H and O–H groups in total. The molecule has 0 radical (unpaired) electrons. The summed E-state index contributed by atoms with van der Waals surface area (Å²) in [4.78, 5) is 29.4. The molecule has 1 unspecified atom stereocenters. The van der Waals surface area contributed by atoms with Crippen LogP contribution in [0.5, 0.6) is 0 Å². The van der Waals surface area contributed by atoms with Crippen molar-refractivity contribution >= 4 is 38.9 Å².